The Hall–Kier alpha value is -3.11. The molecule has 1 aliphatic rings. The summed E-state index contributed by atoms with van der Waals surface area (Å²) in [5.41, 5.74) is 2.14. The molecule has 174 valence electrons. The van der Waals surface area contributed by atoms with Crippen molar-refractivity contribution in [2.75, 3.05) is 22.7 Å². The third kappa shape index (κ3) is 4.53. The number of hydrogen-bond acceptors (Lipinski definition) is 5. The van der Waals surface area contributed by atoms with Crippen LogP contribution in [0.3, 0.4) is 0 Å². The number of hydrogen-bond donors (Lipinski definition) is 1. The summed E-state index contributed by atoms with van der Waals surface area (Å²) < 4.78 is 74.9. The standard InChI is InChI=1S/C23H23FN2O5S2/c1-16-5-12-22(31-2)23(14-16)32(27,28)25-19-9-6-17-4-3-13-26(21(17)15-19)33(29,30)20-10-7-18(24)8-11-20/h5-12,14-15,25H,3-4,13H2,1-2H3. The largest absolute Gasteiger partial charge is 0.495 e. The molecular formula is C23H23FN2O5S2. The van der Waals surface area contributed by atoms with Crippen LogP contribution in [0.2, 0.25) is 0 Å². The molecule has 3 aromatic carbocycles. The molecular weight excluding hydrogens is 467 g/mol. The lowest BCUT2D eigenvalue weighted by atomic mass is 10.0. The minimum Gasteiger partial charge on any atom is -0.495 e. The van der Waals surface area contributed by atoms with E-state index in [-0.39, 0.29) is 27.8 Å². The average molecular weight is 491 g/mol. The van der Waals surface area contributed by atoms with Crippen molar-refractivity contribution >= 4 is 31.4 Å². The molecule has 0 bridgehead atoms. The topological polar surface area (TPSA) is 92.8 Å². The molecule has 4 rings (SSSR count). The normalized spacial score (nSPS) is 14.0. The number of fused-ring (bicyclic) bond motifs is 1. The molecule has 7 nitrogen and oxygen atoms in total. The second-order valence-corrected chi connectivity index (χ2v) is 11.3. The van der Waals surface area contributed by atoms with Gasteiger partial charge in [0.15, 0.2) is 0 Å². The molecule has 0 unspecified atom stereocenters. The summed E-state index contributed by atoms with van der Waals surface area (Å²) in [6.07, 6.45) is 1.27. The van der Waals surface area contributed by atoms with Crippen LogP contribution < -0.4 is 13.8 Å². The summed E-state index contributed by atoms with van der Waals surface area (Å²) in [6, 6.07) is 14.3. The van der Waals surface area contributed by atoms with Crippen molar-refractivity contribution in [1.82, 2.24) is 0 Å². The summed E-state index contributed by atoms with van der Waals surface area (Å²) in [6.45, 7) is 2.00. The first-order valence-electron chi connectivity index (χ1n) is 10.2. The number of aryl methyl sites for hydroxylation is 2. The molecule has 0 saturated carbocycles. The lowest BCUT2D eigenvalue weighted by Gasteiger charge is -2.31. The molecule has 1 N–H and O–H groups in total. The van der Waals surface area contributed by atoms with Crippen LogP contribution in [0, 0.1) is 12.7 Å². The fourth-order valence-electron chi connectivity index (χ4n) is 3.79. The molecule has 1 aliphatic heterocycles. The molecule has 10 heteroatoms. The molecule has 0 spiro atoms. The van der Waals surface area contributed by atoms with Gasteiger partial charge in [0.2, 0.25) is 0 Å². The maximum Gasteiger partial charge on any atom is 0.265 e. The number of anilines is 2. The molecule has 0 saturated heterocycles. The van der Waals surface area contributed by atoms with Gasteiger partial charge in [-0.1, -0.05) is 12.1 Å². The summed E-state index contributed by atoms with van der Waals surface area (Å²) in [5, 5.41) is 0. The van der Waals surface area contributed by atoms with Gasteiger partial charge in [-0.3, -0.25) is 9.03 Å². The average Bonchev–Trinajstić information content (AvgIpc) is 2.78. The Balaban J connectivity index is 1.72. The quantitative estimate of drug-likeness (QED) is 0.562. The Labute approximate surface area is 192 Å². The highest BCUT2D eigenvalue weighted by Gasteiger charge is 2.30. The zero-order valence-corrected chi connectivity index (χ0v) is 19.7. The molecule has 0 atom stereocenters. The Morgan fingerprint density at radius 1 is 0.970 bits per heavy atom. The van der Waals surface area contributed by atoms with Crippen molar-refractivity contribution < 1.29 is 26.0 Å². The third-order valence-electron chi connectivity index (χ3n) is 5.42. The molecule has 0 fully saturated rings. The van der Waals surface area contributed by atoms with Crippen LogP contribution in [-0.2, 0) is 26.5 Å². The summed E-state index contributed by atoms with van der Waals surface area (Å²) in [5.74, 6) is -0.331. The molecule has 33 heavy (non-hydrogen) atoms. The Morgan fingerprint density at radius 2 is 1.70 bits per heavy atom. The van der Waals surface area contributed by atoms with Crippen molar-refractivity contribution in [2.24, 2.45) is 0 Å². The van der Waals surface area contributed by atoms with Gasteiger partial charge in [-0.15, -0.1) is 0 Å². The molecule has 0 radical (unpaired) electrons. The van der Waals surface area contributed by atoms with Gasteiger partial charge in [0, 0.05) is 6.54 Å². The number of methoxy groups -OCH3 is 1. The number of benzene rings is 3. The van der Waals surface area contributed by atoms with E-state index in [2.05, 4.69) is 4.72 Å². The van der Waals surface area contributed by atoms with E-state index in [0.29, 0.717) is 18.5 Å². The SMILES string of the molecule is COc1ccc(C)cc1S(=O)(=O)Nc1ccc2c(c1)N(S(=O)(=O)c1ccc(F)cc1)CCC2. The zero-order chi connectivity index (χ0) is 23.8. The second kappa shape index (κ2) is 8.68. The van der Waals surface area contributed by atoms with Gasteiger partial charge in [-0.2, -0.15) is 0 Å². The van der Waals surface area contributed by atoms with Crippen LogP contribution >= 0.6 is 0 Å². The first-order valence-corrected chi connectivity index (χ1v) is 13.1. The second-order valence-electron chi connectivity index (χ2n) is 7.74. The molecule has 0 aromatic heterocycles. The van der Waals surface area contributed by atoms with Crippen molar-refractivity contribution in [3.63, 3.8) is 0 Å². The van der Waals surface area contributed by atoms with Gasteiger partial charge in [0.25, 0.3) is 20.0 Å². The van der Waals surface area contributed by atoms with Gasteiger partial charge in [0.05, 0.1) is 23.4 Å². The lowest BCUT2D eigenvalue weighted by Crippen LogP contribution is -2.35. The van der Waals surface area contributed by atoms with Crippen molar-refractivity contribution in [2.45, 2.75) is 29.6 Å². The highest BCUT2D eigenvalue weighted by atomic mass is 32.2. The fourth-order valence-corrected chi connectivity index (χ4v) is 6.63. The van der Waals surface area contributed by atoms with Crippen molar-refractivity contribution in [1.29, 1.82) is 0 Å². The van der Waals surface area contributed by atoms with Crippen LogP contribution in [0.25, 0.3) is 0 Å². The predicted octanol–water partition coefficient (Wildman–Crippen LogP) is 4.09. The number of nitrogens with zero attached hydrogens (tertiary/aromatic N) is 1. The van der Waals surface area contributed by atoms with Crippen molar-refractivity contribution in [3.8, 4) is 5.75 Å². The maximum absolute atomic E-state index is 13.3. The Morgan fingerprint density at radius 3 is 2.39 bits per heavy atom. The Kier molecular flexibility index (Phi) is 6.06. The highest BCUT2D eigenvalue weighted by molar-refractivity contribution is 7.93. The summed E-state index contributed by atoms with van der Waals surface area (Å²) in [4.78, 5) is -0.0502. The Bertz CT molecular complexity index is 1410. The van der Waals surface area contributed by atoms with Crippen LogP contribution in [0.5, 0.6) is 5.75 Å². The fraction of sp³-hybridized carbons (Fsp3) is 0.217. The van der Waals surface area contributed by atoms with E-state index in [4.69, 9.17) is 4.74 Å². The predicted molar refractivity (Wildman–Crippen MR) is 124 cm³/mol. The van der Waals surface area contributed by atoms with Crippen LogP contribution in [0.4, 0.5) is 15.8 Å². The molecule has 0 amide bonds. The number of halogens is 1. The van der Waals surface area contributed by atoms with Gasteiger partial charge in [-0.25, -0.2) is 21.2 Å². The van der Waals surface area contributed by atoms with E-state index >= 15 is 0 Å². The van der Waals surface area contributed by atoms with Gasteiger partial charge >= 0.3 is 0 Å². The van der Waals surface area contributed by atoms with E-state index in [1.807, 2.05) is 0 Å². The monoisotopic (exact) mass is 490 g/mol. The van der Waals surface area contributed by atoms with E-state index < -0.39 is 25.9 Å². The van der Waals surface area contributed by atoms with E-state index in [1.165, 1.54) is 35.7 Å². The van der Waals surface area contributed by atoms with Gasteiger partial charge in [0.1, 0.15) is 16.5 Å². The van der Waals surface area contributed by atoms with Gasteiger partial charge < -0.3 is 4.74 Å². The lowest BCUT2D eigenvalue weighted by molar-refractivity contribution is 0.402. The minimum atomic E-state index is -4.00. The summed E-state index contributed by atoms with van der Waals surface area (Å²) in [7, 11) is -6.56. The summed E-state index contributed by atoms with van der Waals surface area (Å²) >= 11 is 0. The number of nitrogens with one attached hydrogen (secondary N) is 1. The molecule has 0 aliphatic carbocycles. The maximum atomic E-state index is 13.3. The number of sulfonamides is 2. The third-order valence-corrected chi connectivity index (χ3v) is 8.65. The molecule has 3 aromatic rings. The zero-order valence-electron chi connectivity index (χ0n) is 18.1. The van der Waals surface area contributed by atoms with E-state index in [9.17, 15) is 21.2 Å². The number of ether oxygens (including phenoxy) is 1. The van der Waals surface area contributed by atoms with E-state index in [1.54, 1.807) is 31.2 Å². The number of rotatable bonds is 6. The smallest absolute Gasteiger partial charge is 0.265 e. The molecule has 1 heterocycles. The first-order chi connectivity index (χ1) is 15.6. The van der Waals surface area contributed by atoms with Gasteiger partial charge in [-0.05, 0) is 79.4 Å². The highest BCUT2D eigenvalue weighted by Crippen LogP contribution is 2.35. The van der Waals surface area contributed by atoms with Crippen molar-refractivity contribution in [3.05, 3.63) is 77.6 Å². The van der Waals surface area contributed by atoms with Crippen LogP contribution in [-0.4, -0.2) is 30.5 Å². The van der Waals surface area contributed by atoms with Crippen LogP contribution in [0.15, 0.2) is 70.5 Å². The van der Waals surface area contributed by atoms with E-state index in [0.717, 1.165) is 23.3 Å². The minimum absolute atomic E-state index is 0.0153. The first kappa shape index (κ1) is 23.1. The van der Waals surface area contributed by atoms with Crippen LogP contribution in [0.1, 0.15) is 17.5 Å².